The quantitative estimate of drug-likeness (QED) is 0.258. The SMILES string of the molecule is CN(C(=O)c1ccccc1)c1ccc2c(c1)nc(-c1c(C(N)=O)cccc1-c1ccncc1)n2CCc1cccnc1. The summed E-state index contributed by atoms with van der Waals surface area (Å²) >= 11 is 0. The van der Waals surface area contributed by atoms with Crippen LogP contribution in [-0.2, 0) is 13.0 Å². The van der Waals surface area contributed by atoms with E-state index in [1.165, 1.54) is 0 Å². The molecule has 8 heteroatoms. The highest BCUT2D eigenvalue weighted by Crippen LogP contribution is 2.37. The van der Waals surface area contributed by atoms with Crippen molar-refractivity contribution in [3.63, 3.8) is 0 Å². The average molecular weight is 553 g/mol. The van der Waals surface area contributed by atoms with E-state index in [4.69, 9.17) is 10.7 Å². The second-order valence-electron chi connectivity index (χ2n) is 9.93. The molecule has 0 unspecified atom stereocenters. The number of imidazole rings is 1. The number of primary amides is 1. The Morgan fingerprint density at radius 2 is 1.67 bits per heavy atom. The average Bonchev–Trinajstić information content (AvgIpc) is 3.41. The van der Waals surface area contributed by atoms with E-state index in [0.717, 1.165) is 22.2 Å². The normalized spacial score (nSPS) is 11.0. The maximum atomic E-state index is 13.2. The minimum Gasteiger partial charge on any atom is -0.366 e. The Morgan fingerprint density at radius 1 is 0.857 bits per heavy atom. The number of aryl methyl sites for hydroxylation is 2. The van der Waals surface area contributed by atoms with Gasteiger partial charge in [-0.2, -0.15) is 0 Å². The van der Waals surface area contributed by atoms with Gasteiger partial charge in [-0.1, -0.05) is 36.4 Å². The second kappa shape index (κ2) is 11.5. The number of pyridine rings is 2. The van der Waals surface area contributed by atoms with E-state index in [2.05, 4.69) is 14.5 Å². The van der Waals surface area contributed by atoms with E-state index in [9.17, 15) is 9.59 Å². The molecule has 3 aromatic carbocycles. The third kappa shape index (κ3) is 5.13. The molecular weight excluding hydrogens is 524 g/mol. The summed E-state index contributed by atoms with van der Waals surface area (Å²) in [4.78, 5) is 41.1. The Balaban J connectivity index is 1.53. The zero-order valence-corrected chi connectivity index (χ0v) is 23.0. The number of rotatable bonds is 8. The van der Waals surface area contributed by atoms with Gasteiger partial charge in [0, 0.05) is 55.2 Å². The fourth-order valence-corrected chi connectivity index (χ4v) is 5.19. The summed E-state index contributed by atoms with van der Waals surface area (Å²) in [5, 5.41) is 0. The first-order valence-electron chi connectivity index (χ1n) is 13.6. The van der Waals surface area contributed by atoms with E-state index in [1.807, 2.05) is 79.0 Å². The van der Waals surface area contributed by atoms with E-state index in [-0.39, 0.29) is 5.91 Å². The first-order valence-corrected chi connectivity index (χ1v) is 13.6. The zero-order valence-electron chi connectivity index (χ0n) is 23.0. The summed E-state index contributed by atoms with van der Waals surface area (Å²) in [6, 6.07) is 28.2. The van der Waals surface area contributed by atoms with Crippen LogP contribution in [0.1, 0.15) is 26.3 Å². The molecule has 0 spiro atoms. The van der Waals surface area contributed by atoms with Crippen LogP contribution in [0.4, 0.5) is 5.69 Å². The first kappa shape index (κ1) is 26.6. The van der Waals surface area contributed by atoms with Crippen molar-refractivity contribution >= 4 is 28.5 Å². The Labute approximate surface area is 243 Å². The molecule has 206 valence electrons. The lowest BCUT2D eigenvalue weighted by Gasteiger charge is -2.18. The molecule has 0 radical (unpaired) electrons. The number of benzene rings is 3. The summed E-state index contributed by atoms with van der Waals surface area (Å²) < 4.78 is 2.11. The molecule has 2 N–H and O–H groups in total. The summed E-state index contributed by atoms with van der Waals surface area (Å²) in [7, 11) is 1.75. The molecule has 3 heterocycles. The van der Waals surface area contributed by atoms with Crippen LogP contribution in [-0.4, -0.2) is 38.4 Å². The van der Waals surface area contributed by atoms with Crippen molar-refractivity contribution < 1.29 is 9.59 Å². The number of fused-ring (bicyclic) bond motifs is 1. The van der Waals surface area contributed by atoms with E-state index < -0.39 is 5.91 Å². The van der Waals surface area contributed by atoms with Gasteiger partial charge in [-0.3, -0.25) is 19.6 Å². The van der Waals surface area contributed by atoms with Crippen LogP contribution in [0.3, 0.4) is 0 Å². The number of anilines is 1. The summed E-state index contributed by atoms with van der Waals surface area (Å²) in [5.41, 5.74) is 12.6. The fourth-order valence-electron chi connectivity index (χ4n) is 5.19. The molecule has 42 heavy (non-hydrogen) atoms. The maximum Gasteiger partial charge on any atom is 0.258 e. The molecule has 0 fully saturated rings. The summed E-state index contributed by atoms with van der Waals surface area (Å²) in [5.74, 6) is -0.0461. The number of aromatic nitrogens is 4. The van der Waals surface area contributed by atoms with Crippen LogP contribution in [0, 0.1) is 0 Å². The number of hydrogen-bond acceptors (Lipinski definition) is 5. The second-order valence-corrected chi connectivity index (χ2v) is 9.93. The summed E-state index contributed by atoms with van der Waals surface area (Å²) in [6.07, 6.45) is 7.73. The number of nitrogens with two attached hydrogens (primary N) is 1. The van der Waals surface area contributed by atoms with Crippen LogP contribution in [0.2, 0.25) is 0 Å². The van der Waals surface area contributed by atoms with Gasteiger partial charge in [0.05, 0.1) is 16.6 Å². The number of amides is 2. The molecule has 2 amide bonds. The largest absolute Gasteiger partial charge is 0.366 e. The van der Waals surface area contributed by atoms with Crippen LogP contribution >= 0.6 is 0 Å². The van der Waals surface area contributed by atoms with Gasteiger partial charge < -0.3 is 15.2 Å². The Hall–Kier alpha value is -5.63. The van der Waals surface area contributed by atoms with Crippen LogP contribution in [0.15, 0.2) is 116 Å². The van der Waals surface area contributed by atoms with Gasteiger partial charge in [0.25, 0.3) is 5.91 Å². The lowest BCUT2D eigenvalue weighted by molar-refractivity contribution is 0.0988. The maximum absolute atomic E-state index is 13.2. The number of carbonyl (C=O) groups excluding carboxylic acids is 2. The molecule has 0 bridgehead atoms. The predicted octanol–water partition coefficient (Wildman–Crippen LogP) is 5.78. The molecule has 0 aliphatic carbocycles. The zero-order chi connectivity index (χ0) is 29.1. The lowest BCUT2D eigenvalue weighted by Crippen LogP contribution is -2.26. The number of nitrogens with zero attached hydrogens (tertiary/aromatic N) is 5. The number of carbonyl (C=O) groups is 2. The third-order valence-electron chi connectivity index (χ3n) is 7.34. The Kier molecular flexibility index (Phi) is 7.26. The molecule has 0 aliphatic rings. The molecule has 6 aromatic rings. The van der Waals surface area contributed by atoms with Crippen molar-refractivity contribution in [3.05, 3.63) is 132 Å². The third-order valence-corrected chi connectivity index (χ3v) is 7.34. The van der Waals surface area contributed by atoms with E-state index in [1.54, 1.807) is 48.7 Å². The minimum absolute atomic E-state index is 0.120. The Bertz CT molecular complexity index is 1890. The molecule has 0 atom stereocenters. The van der Waals surface area contributed by atoms with Gasteiger partial charge >= 0.3 is 0 Å². The van der Waals surface area contributed by atoms with Gasteiger partial charge in [-0.05, 0) is 77.7 Å². The molecule has 8 nitrogen and oxygen atoms in total. The van der Waals surface area contributed by atoms with Crippen LogP contribution in [0.25, 0.3) is 33.5 Å². The molecule has 3 aromatic heterocycles. The highest BCUT2D eigenvalue weighted by molar-refractivity contribution is 6.07. The standard InChI is InChI=1S/C34H28N6O2/c1-39(34(42)25-8-3-2-4-9-25)26-12-13-30-29(21-26)38-33(40(30)20-16-23-7-6-17-37-22-23)31-27(24-14-18-36-19-15-24)10-5-11-28(31)32(35)41/h2-15,17-19,21-22H,16,20H2,1H3,(H2,35,41). The monoisotopic (exact) mass is 552 g/mol. The molecule has 0 saturated heterocycles. The van der Waals surface area contributed by atoms with Gasteiger partial charge in [0.2, 0.25) is 5.91 Å². The smallest absolute Gasteiger partial charge is 0.258 e. The van der Waals surface area contributed by atoms with Crippen molar-refractivity contribution in [2.24, 2.45) is 5.73 Å². The molecular formula is C34H28N6O2. The van der Waals surface area contributed by atoms with E-state index in [0.29, 0.717) is 46.7 Å². The lowest BCUT2D eigenvalue weighted by atomic mass is 9.95. The van der Waals surface area contributed by atoms with Gasteiger partial charge in [0.1, 0.15) is 5.82 Å². The fraction of sp³-hybridized carbons (Fsp3) is 0.0882. The van der Waals surface area contributed by atoms with Gasteiger partial charge in [-0.25, -0.2) is 4.98 Å². The molecule has 0 saturated carbocycles. The topological polar surface area (TPSA) is 107 Å². The van der Waals surface area contributed by atoms with Gasteiger partial charge in [0.15, 0.2) is 0 Å². The minimum atomic E-state index is -0.541. The van der Waals surface area contributed by atoms with Crippen molar-refractivity contribution in [1.82, 2.24) is 19.5 Å². The van der Waals surface area contributed by atoms with E-state index >= 15 is 0 Å². The first-order chi connectivity index (χ1) is 20.5. The van der Waals surface area contributed by atoms with Crippen molar-refractivity contribution in [2.75, 3.05) is 11.9 Å². The van der Waals surface area contributed by atoms with Crippen molar-refractivity contribution in [3.8, 4) is 22.5 Å². The van der Waals surface area contributed by atoms with Crippen molar-refractivity contribution in [1.29, 1.82) is 0 Å². The predicted molar refractivity (Wildman–Crippen MR) is 164 cm³/mol. The molecule has 6 rings (SSSR count). The van der Waals surface area contributed by atoms with Crippen LogP contribution < -0.4 is 10.6 Å². The van der Waals surface area contributed by atoms with Gasteiger partial charge in [-0.15, -0.1) is 0 Å². The van der Waals surface area contributed by atoms with Crippen LogP contribution in [0.5, 0.6) is 0 Å². The number of hydrogen-bond donors (Lipinski definition) is 1. The molecule has 0 aliphatic heterocycles. The Morgan fingerprint density at radius 3 is 2.40 bits per heavy atom. The summed E-state index contributed by atoms with van der Waals surface area (Å²) in [6.45, 7) is 0.582. The highest BCUT2D eigenvalue weighted by Gasteiger charge is 2.23. The highest BCUT2D eigenvalue weighted by atomic mass is 16.2. The van der Waals surface area contributed by atoms with Crippen molar-refractivity contribution in [2.45, 2.75) is 13.0 Å².